The highest BCUT2D eigenvalue weighted by atomic mass is 35.5. The van der Waals surface area contributed by atoms with Crippen molar-refractivity contribution in [2.75, 3.05) is 5.75 Å². The van der Waals surface area contributed by atoms with Crippen molar-refractivity contribution in [1.29, 1.82) is 0 Å². The third-order valence-corrected chi connectivity index (χ3v) is 6.89. The average molecular weight is 426 g/mol. The normalized spacial score (nSPS) is 14.9. The highest BCUT2D eigenvalue weighted by Crippen LogP contribution is 2.36. The van der Waals surface area contributed by atoms with Gasteiger partial charge in [-0.05, 0) is 49.8 Å². The highest BCUT2D eigenvalue weighted by Gasteiger charge is 2.23. The van der Waals surface area contributed by atoms with Crippen LogP contribution in [-0.2, 0) is 6.42 Å². The summed E-state index contributed by atoms with van der Waals surface area (Å²) < 4.78 is 2.40. The number of aromatic nitrogens is 3. The van der Waals surface area contributed by atoms with E-state index in [-0.39, 0.29) is 0 Å². The summed E-state index contributed by atoms with van der Waals surface area (Å²) in [5.41, 5.74) is 2.48. The minimum absolute atomic E-state index is 0.500. The SMILES string of the molecule is Clc1cccc(-c2nnc(SCCCCc3ccccc3)n2C2CCCCC2)c1. The summed E-state index contributed by atoms with van der Waals surface area (Å²) in [5.74, 6) is 2.04. The summed E-state index contributed by atoms with van der Waals surface area (Å²) in [6, 6.07) is 19.2. The van der Waals surface area contributed by atoms with E-state index in [9.17, 15) is 0 Å². The molecule has 3 aromatic rings. The molecule has 1 aliphatic rings. The number of thioether (sulfide) groups is 1. The number of unbranched alkanes of at least 4 members (excludes halogenated alkanes) is 1. The first-order valence-corrected chi connectivity index (χ1v) is 12.1. The van der Waals surface area contributed by atoms with Crippen molar-refractivity contribution in [2.24, 2.45) is 0 Å². The van der Waals surface area contributed by atoms with Crippen LogP contribution in [0.1, 0.15) is 56.6 Å². The zero-order chi connectivity index (χ0) is 19.9. The molecular formula is C24H28ClN3S. The molecule has 1 fully saturated rings. The molecule has 1 saturated carbocycles. The van der Waals surface area contributed by atoms with Gasteiger partial charge in [0, 0.05) is 22.4 Å². The van der Waals surface area contributed by atoms with E-state index < -0.39 is 0 Å². The Kier molecular flexibility index (Phi) is 7.28. The molecule has 1 aromatic heterocycles. The summed E-state index contributed by atoms with van der Waals surface area (Å²) in [4.78, 5) is 0. The topological polar surface area (TPSA) is 30.7 Å². The van der Waals surface area contributed by atoms with E-state index in [2.05, 4.69) is 51.2 Å². The van der Waals surface area contributed by atoms with Crippen LogP contribution in [-0.4, -0.2) is 20.5 Å². The number of aryl methyl sites for hydroxylation is 1. The van der Waals surface area contributed by atoms with Gasteiger partial charge < -0.3 is 0 Å². The largest absolute Gasteiger partial charge is 0.299 e. The first-order chi connectivity index (χ1) is 14.3. The standard InChI is InChI=1S/C24H28ClN3S/c25-21-14-9-13-20(18-21)23-26-27-24(28(23)22-15-5-2-6-16-22)29-17-8-7-12-19-10-3-1-4-11-19/h1,3-4,9-11,13-14,18,22H,2,5-8,12,15-17H2. The first-order valence-electron chi connectivity index (χ1n) is 10.7. The Morgan fingerprint density at radius 3 is 2.55 bits per heavy atom. The summed E-state index contributed by atoms with van der Waals surface area (Å²) in [6.07, 6.45) is 9.88. The maximum Gasteiger partial charge on any atom is 0.191 e. The fraction of sp³-hybridized carbons (Fsp3) is 0.417. The van der Waals surface area contributed by atoms with Crippen molar-refractivity contribution in [2.45, 2.75) is 62.6 Å². The molecule has 152 valence electrons. The Balaban J connectivity index is 1.44. The van der Waals surface area contributed by atoms with Crippen LogP contribution >= 0.6 is 23.4 Å². The van der Waals surface area contributed by atoms with Crippen LogP contribution in [0.15, 0.2) is 59.8 Å². The summed E-state index contributed by atoms with van der Waals surface area (Å²) in [5, 5.41) is 11.0. The number of hydrogen-bond donors (Lipinski definition) is 0. The van der Waals surface area contributed by atoms with Crippen LogP contribution in [0.5, 0.6) is 0 Å². The quantitative estimate of drug-likeness (QED) is 0.282. The number of benzene rings is 2. The fourth-order valence-electron chi connectivity index (χ4n) is 4.11. The van der Waals surface area contributed by atoms with Crippen molar-refractivity contribution in [3.05, 3.63) is 65.2 Å². The molecule has 0 radical (unpaired) electrons. The van der Waals surface area contributed by atoms with E-state index in [0.29, 0.717) is 6.04 Å². The molecule has 0 saturated heterocycles. The smallest absolute Gasteiger partial charge is 0.191 e. The molecule has 5 heteroatoms. The van der Waals surface area contributed by atoms with Gasteiger partial charge in [0.2, 0.25) is 0 Å². The lowest BCUT2D eigenvalue weighted by atomic mass is 9.95. The minimum atomic E-state index is 0.500. The highest BCUT2D eigenvalue weighted by molar-refractivity contribution is 7.99. The number of hydrogen-bond acceptors (Lipinski definition) is 3. The molecule has 0 aliphatic heterocycles. The molecule has 0 N–H and O–H groups in total. The van der Waals surface area contributed by atoms with Gasteiger partial charge in [0.05, 0.1) is 0 Å². The van der Waals surface area contributed by atoms with Crippen LogP contribution in [0.2, 0.25) is 5.02 Å². The Morgan fingerprint density at radius 1 is 0.931 bits per heavy atom. The van der Waals surface area contributed by atoms with Crippen LogP contribution in [0.3, 0.4) is 0 Å². The average Bonchev–Trinajstić information content (AvgIpc) is 3.19. The van der Waals surface area contributed by atoms with Gasteiger partial charge in [0.25, 0.3) is 0 Å². The Hall–Kier alpha value is -1.78. The zero-order valence-electron chi connectivity index (χ0n) is 16.8. The number of halogens is 1. The molecule has 0 amide bonds. The van der Waals surface area contributed by atoms with Crippen LogP contribution in [0, 0.1) is 0 Å². The lowest BCUT2D eigenvalue weighted by Gasteiger charge is -2.25. The molecule has 1 aliphatic carbocycles. The van der Waals surface area contributed by atoms with Gasteiger partial charge in [-0.3, -0.25) is 4.57 Å². The molecule has 4 rings (SSSR count). The Labute approximate surface area is 182 Å². The lowest BCUT2D eigenvalue weighted by molar-refractivity contribution is 0.339. The zero-order valence-corrected chi connectivity index (χ0v) is 18.3. The molecule has 2 aromatic carbocycles. The van der Waals surface area contributed by atoms with Crippen molar-refractivity contribution in [3.63, 3.8) is 0 Å². The third-order valence-electron chi connectivity index (χ3n) is 5.62. The van der Waals surface area contributed by atoms with E-state index in [1.807, 2.05) is 30.0 Å². The van der Waals surface area contributed by atoms with Gasteiger partial charge in [-0.1, -0.05) is 85.1 Å². The van der Waals surface area contributed by atoms with E-state index in [4.69, 9.17) is 11.6 Å². The summed E-state index contributed by atoms with van der Waals surface area (Å²) >= 11 is 8.10. The van der Waals surface area contributed by atoms with Gasteiger partial charge >= 0.3 is 0 Å². The van der Waals surface area contributed by atoms with Gasteiger partial charge in [-0.25, -0.2) is 0 Å². The molecule has 1 heterocycles. The molecule has 0 unspecified atom stereocenters. The maximum absolute atomic E-state index is 6.25. The van der Waals surface area contributed by atoms with Gasteiger partial charge in [0.1, 0.15) is 0 Å². The maximum atomic E-state index is 6.25. The summed E-state index contributed by atoms with van der Waals surface area (Å²) in [7, 11) is 0. The predicted octanol–water partition coefficient (Wildman–Crippen LogP) is 7.22. The fourth-order valence-corrected chi connectivity index (χ4v) is 5.30. The second-order valence-electron chi connectivity index (χ2n) is 7.77. The predicted molar refractivity (Wildman–Crippen MR) is 123 cm³/mol. The molecule has 29 heavy (non-hydrogen) atoms. The van der Waals surface area contributed by atoms with Gasteiger partial charge in [0.15, 0.2) is 11.0 Å². The monoisotopic (exact) mass is 425 g/mol. The van der Waals surface area contributed by atoms with Gasteiger partial charge in [-0.15, -0.1) is 10.2 Å². The minimum Gasteiger partial charge on any atom is -0.299 e. The molecule has 0 spiro atoms. The first kappa shape index (κ1) is 20.5. The Bertz CT molecular complexity index is 903. The second-order valence-corrected chi connectivity index (χ2v) is 9.27. The van der Waals surface area contributed by atoms with Crippen molar-refractivity contribution < 1.29 is 0 Å². The van der Waals surface area contributed by atoms with E-state index >= 15 is 0 Å². The molecular weight excluding hydrogens is 398 g/mol. The summed E-state index contributed by atoms with van der Waals surface area (Å²) in [6.45, 7) is 0. The Morgan fingerprint density at radius 2 is 1.76 bits per heavy atom. The van der Waals surface area contributed by atoms with Crippen LogP contribution < -0.4 is 0 Å². The van der Waals surface area contributed by atoms with Crippen LogP contribution in [0.25, 0.3) is 11.4 Å². The van der Waals surface area contributed by atoms with E-state index in [0.717, 1.165) is 33.7 Å². The molecule has 0 atom stereocenters. The van der Waals surface area contributed by atoms with Crippen molar-refractivity contribution in [1.82, 2.24) is 14.8 Å². The molecule has 3 nitrogen and oxygen atoms in total. The third kappa shape index (κ3) is 5.43. The molecule has 0 bridgehead atoms. The van der Waals surface area contributed by atoms with Crippen LogP contribution in [0.4, 0.5) is 0 Å². The second kappa shape index (κ2) is 10.3. The van der Waals surface area contributed by atoms with E-state index in [1.54, 1.807) is 0 Å². The van der Waals surface area contributed by atoms with E-state index in [1.165, 1.54) is 50.5 Å². The van der Waals surface area contributed by atoms with Crippen molar-refractivity contribution >= 4 is 23.4 Å². The van der Waals surface area contributed by atoms with Crippen molar-refractivity contribution in [3.8, 4) is 11.4 Å². The number of nitrogens with zero attached hydrogens (tertiary/aromatic N) is 3. The van der Waals surface area contributed by atoms with Gasteiger partial charge in [-0.2, -0.15) is 0 Å². The lowest BCUT2D eigenvalue weighted by Crippen LogP contribution is -2.15. The number of rotatable bonds is 8.